The largest absolute Gasteiger partial charge is 0.0876 e. The third kappa shape index (κ3) is 0.630. The molecule has 4 aliphatic rings. The summed E-state index contributed by atoms with van der Waals surface area (Å²) in [6.07, 6.45) is 17.2. The Morgan fingerprint density at radius 3 is 1.85 bits per heavy atom. The van der Waals surface area contributed by atoms with Crippen molar-refractivity contribution in [2.24, 2.45) is 22.7 Å². The number of rotatable bonds is 0. The van der Waals surface area contributed by atoms with Crippen molar-refractivity contribution in [2.45, 2.75) is 32.1 Å². The molecule has 0 aromatic carbocycles. The van der Waals surface area contributed by atoms with Gasteiger partial charge in [-0.05, 0) is 43.9 Å². The molecule has 0 heteroatoms. The summed E-state index contributed by atoms with van der Waals surface area (Å²) in [7, 11) is 0. The molecule has 68 valence electrons. The summed E-state index contributed by atoms with van der Waals surface area (Å²) in [6.45, 7) is 0. The summed E-state index contributed by atoms with van der Waals surface area (Å²) >= 11 is 0. The van der Waals surface area contributed by atoms with Crippen LogP contribution < -0.4 is 0 Å². The van der Waals surface area contributed by atoms with Crippen LogP contribution in [0.2, 0.25) is 0 Å². The molecule has 0 saturated heterocycles. The minimum Gasteiger partial charge on any atom is -0.0876 e. The van der Waals surface area contributed by atoms with Gasteiger partial charge in [0.1, 0.15) is 0 Å². The lowest BCUT2D eigenvalue weighted by molar-refractivity contribution is 0.0323. The zero-order valence-electron chi connectivity index (χ0n) is 8.00. The van der Waals surface area contributed by atoms with E-state index in [1.165, 1.54) is 25.7 Å². The molecule has 0 amide bonds. The van der Waals surface area contributed by atoms with Gasteiger partial charge >= 0.3 is 0 Å². The van der Waals surface area contributed by atoms with Gasteiger partial charge in [-0.2, -0.15) is 0 Å². The van der Waals surface area contributed by atoms with Gasteiger partial charge in [0.15, 0.2) is 0 Å². The van der Waals surface area contributed by atoms with Gasteiger partial charge in [-0.25, -0.2) is 0 Å². The number of hydrogen-bond donors (Lipinski definition) is 0. The molecule has 0 unspecified atom stereocenters. The maximum absolute atomic E-state index is 2.53. The highest BCUT2D eigenvalue weighted by Gasteiger charge is 2.62. The van der Waals surface area contributed by atoms with Crippen molar-refractivity contribution in [1.29, 1.82) is 0 Å². The first-order valence-electron chi connectivity index (χ1n) is 5.69. The first-order chi connectivity index (χ1) is 6.34. The standard InChI is InChI=1S/C13H16/c1-2-4-13-6-5-12(13,3-1)8-10-7-11(10)9-13/h1-2,5-6,10-11H,3-4,7-9H2/t10-,11+,12-,13+. The number of allylic oxidation sites excluding steroid dienone is 4. The fourth-order valence-electron chi connectivity index (χ4n) is 4.14. The average Bonchev–Trinajstić information content (AvgIpc) is 2.84. The summed E-state index contributed by atoms with van der Waals surface area (Å²) in [5, 5.41) is 0. The minimum absolute atomic E-state index is 0.638. The Morgan fingerprint density at radius 1 is 0.846 bits per heavy atom. The maximum atomic E-state index is 2.53. The molecule has 0 spiro atoms. The van der Waals surface area contributed by atoms with Crippen molar-refractivity contribution < 1.29 is 0 Å². The molecule has 4 aliphatic carbocycles. The summed E-state index contributed by atoms with van der Waals surface area (Å²) in [5.41, 5.74) is 1.28. The van der Waals surface area contributed by atoms with Gasteiger partial charge in [0, 0.05) is 10.8 Å². The van der Waals surface area contributed by atoms with Crippen LogP contribution in [0.5, 0.6) is 0 Å². The molecular weight excluding hydrogens is 156 g/mol. The molecule has 4 atom stereocenters. The van der Waals surface area contributed by atoms with Crippen LogP contribution in [-0.4, -0.2) is 0 Å². The fourth-order valence-corrected chi connectivity index (χ4v) is 4.14. The normalized spacial score (nSPS) is 60.3. The molecule has 0 aromatic heterocycles. The fraction of sp³-hybridized carbons (Fsp3) is 0.692. The van der Waals surface area contributed by atoms with Crippen molar-refractivity contribution in [1.82, 2.24) is 0 Å². The van der Waals surface area contributed by atoms with E-state index in [4.69, 9.17) is 0 Å². The molecule has 0 nitrogen and oxygen atoms in total. The molecule has 0 N–H and O–H groups in total. The second-order valence-corrected chi connectivity index (χ2v) is 5.69. The van der Waals surface area contributed by atoms with Gasteiger partial charge in [0.2, 0.25) is 0 Å². The molecule has 0 radical (unpaired) electrons. The van der Waals surface area contributed by atoms with E-state index in [2.05, 4.69) is 24.3 Å². The zero-order chi connectivity index (χ0) is 8.52. The first kappa shape index (κ1) is 6.86. The van der Waals surface area contributed by atoms with E-state index < -0.39 is 0 Å². The van der Waals surface area contributed by atoms with Gasteiger partial charge in [0.25, 0.3) is 0 Å². The van der Waals surface area contributed by atoms with Gasteiger partial charge in [-0.15, -0.1) is 0 Å². The Morgan fingerprint density at radius 2 is 1.38 bits per heavy atom. The van der Waals surface area contributed by atoms with E-state index in [-0.39, 0.29) is 0 Å². The van der Waals surface area contributed by atoms with E-state index in [0.717, 1.165) is 11.8 Å². The molecule has 0 aliphatic heterocycles. The first-order valence-corrected chi connectivity index (χ1v) is 5.69. The second kappa shape index (κ2) is 1.80. The van der Waals surface area contributed by atoms with Crippen LogP contribution in [0.4, 0.5) is 0 Å². The van der Waals surface area contributed by atoms with Crippen LogP contribution in [0, 0.1) is 22.7 Å². The lowest BCUT2D eigenvalue weighted by Gasteiger charge is -2.58. The third-order valence-electron chi connectivity index (χ3n) is 5.17. The Balaban J connectivity index is 1.83. The summed E-state index contributed by atoms with van der Waals surface area (Å²) < 4.78 is 0. The van der Waals surface area contributed by atoms with Crippen molar-refractivity contribution >= 4 is 0 Å². The minimum atomic E-state index is 0.638. The quantitative estimate of drug-likeness (QED) is 0.492. The smallest absolute Gasteiger partial charge is 0.00131 e. The summed E-state index contributed by atoms with van der Waals surface area (Å²) in [5.74, 6) is 2.23. The van der Waals surface area contributed by atoms with Crippen molar-refractivity contribution in [3.8, 4) is 0 Å². The SMILES string of the molecule is C1=CC[C@@]23C=C[C@]2(C1)C[C@H]1C[C@H]1C3. The van der Waals surface area contributed by atoms with Crippen LogP contribution in [-0.2, 0) is 0 Å². The van der Waals surface area contributed by atoms with E-state index in [9.17, 15) is 0 Å². The monoisotopic (exact) mass is 172 g/mol. The molecule has 0 aromatic rings. The second-order valence-electron chi connectivity index (χ2n) is 5.69. The molecule has 0 bridgehead atoms. The van der Waals surface area contributed by atoms with E-state index in [0.29, 0.717) is 10.8 Å². The molecule has 0 heterocycles. The highest BCUT2D eigenvalue weighted by atomic mass is 14.7. The van der Waals surface area contributed by atoms with Crippen LogP contribution in [0.1, 0.15) is 32.1 Å². The van der Waals surface area contributed by atoms with Gasteiger partial charge < -0.3 is 0 Å². The van der Waals surface area contributed by atoms with Crippen molar-refractivity contribution in [2.75, 3.05) is 0 Å². The lowest BCUT2D eigenvalue weighted by Crippen LogP contribution is -2.49. The van der Waals surface area contributed by atoms with Crippen molar-refractivity contribution in [3.05, 3.63) is 24.3 Å². The van der Waals surface area contributed by atoms with Gasteiger partial charge in [-0.1, -0.05) is 24.3 Å². The topological polar surface area (TPSA) is 0 Å². The van der Waals surface area contributed by atoms with Crippen LogP contribution in [0.3, 0.4) is 0 Å². The Kier molecular flexibility index (Phi) is 0.949. The zero-order valence-corrected chi connectivity index (χ0v) is 8.00. The van der Waals surface area contributed by atoms with Gasteiger partial charge in [-0.3, -0.25) is 0 Å². The van der Waals surface area contributed by atoms with E-state index in [1.807, 2.05) is 0 Å². The average molecular weight is 172 g/mol. The molecule has 4 rings (SSSR count). The molecule has 2 fully saturated rings. The maximum Gasteiger partial charge on any atom is 0.00131 e. The van der Waals surface area contributed by atoms with E-state index in [1.54, 1.807) is 6.42 Å². The van der Waals surface area contributed by atoms with E-state index >= 15 is 0 Å². The van der Waals surface area contributed by atoms with Gasteiger partial charge in [0.05, 0.1) is 0 Å². The van der Waals surface area contributed by atoms with Crippen LogP contribution in [0.25, 0.3) is 0 Å². The summed E-state index contributed by atoms with van der Waals surface area (Å²) in [4.78, 5) is 0. The number of fused-ring (bicyclic) bond motifs is 1. The lowest BCUT2D eigenvalue weighted by atomic mass is 9.45. The molecule has 13 heavy (non-hydrogen) atoms. The Labute approximate surface area is 79.7 Å². The van der Waals surface area contributed by atoms with Crippen molar-refractivity contribution in [3.63, 3.8) is 0 Å². The summed E-state index contributed by atoms with van der Waals surface area (Å²) in [6, 6.07) is 0. The highest BCUT2D eigenvalue weighted by Crippen LogP contribution is 2.72. The molecule has 2 saturated carbocycles. The Bertz CT molecular complexity index is 295. The predicted molar refractivity (Wildman–Crippen MR) is 53.2 cm³/mol. The van der Waals surface area contributed by atoms with Crippen LogP contribution >= 0.6 is 0 Å². The van der Waals surface area contributed by atoms with Crippen LogP contribution in [0.15, 0.2) is 24.3 Å². The molecular formula is C13H16. The third-order valence-corrected chi connectivity index (χ3v) is 5.17. The Hall–Kier alpha value is -0.520. The highest BCUT2D eigenvalue weighted by molar-refractivity contribution is 5.35. The number of hydrogen-bond acceptors (Lipinski definition) is 0. The predicted octanol–water partition coefficient (Wildman–Crippen LogP) is 3.31.